The molecule has 2 heteroatoms. The first-order chi connectivity index (χ1) is 4.73. The van der Waals surface area contributed by atoms with Gasteiger partial charge in [0.2, 0.25) is 0 Å². The highest BCUT2D eigenvalue weighted by Gasteiger charge is 2.53. The van der Waals surface area contributed by atoms with Gasteiger partial charge >= 0.3 is 0 Å². The summed E-state index contributed by atoms with van der Waals surface area (Å²) in [6.07, 6.45) is 2.59. The van der Waals surface area contributed by atoms with Crippen molar-refractivity contribution in [1.29, 1.82) is 0 Å². The Morgan fingerprint density at radius 1 is 1.60 bits per heavy atom. The van der Waals surface area contributed by atoms with Crippen LogP contribution in [0.1, 0.15) is 19.8 Å². The zero-order valence-corrected chi connectivity index (χ0v) is 6.56. The van der Waals surface area contributed by atoms with Crippen molar-refractivity contribution in [3.05, 3.63) is 0 Å². The van der Waals surface area contributed by atoms with E-state index in [4.69, 9.17) is 5.73 Å². The molecule has 2 fully saturated rings. The zero-order valence-electron chi connectivity index (χ0n) is 6.56. The van der Waals surface area contributed by atoms with E-state index in [1.807, 2.05) is 0 Å². The molecule has 2 rings (SSSR count). The molecule has 0 amide bonds. The third kappa shape index (κ3) is 0.789. The molecular weight excluding hydrogens is 124 g/mol. The maximum Gasteiger partial charge on any atom is 0.0102 e. The van der Waals surface area contributed by atoms with Gasteiger partial charge in [0.15, 0.2) is 0 Å². The summed E-state index contributed by atoms with van der Waals surface area (Å²) < 4.78 is 0. The predicted molar refractivity (Wildman–Crippen MR) is 41.7 cm³/mol. The van der Waals surface area contributed by atoms with Gasteiger partial charge in [-0.15, -0.1) is 0 Å². The van der Waals surface area contributed by atoms with E-state index in [1.54, 1.807) is 0 Å². The Balaban J connectivity index is 1.99. The lowest BCUT2D eigenvalue weighted by Gasteiger charge is -2.16. The molecule has 1 unspecified atom stereocenters. The number of hydrogen-bond acceptors (Lipinski definition) is 2. The lowest BCUT2D eigenvalue weighted by molar-refractivity contribution is 0.352. The van der Waals surface area contributed by atoms with Gasteiger partial charge in [-0.05, 0) is 37.3 Å². The quantitative estimate of drug-likeness (QED) is 0.551. The maximum absolute atomic E-state index is 5.85. The van der Waals surface area contributed by atoms with Crippen LogP contribution in [0.5, 0.6) is 0 Å². The largest absolute Gasteiger partial charge is 0.327 e. The summed E-state index contributed by atoms with van der Waals surface area (Å²) in [6.45, 7) is 4.73. The van der Waals surface area contributed by atoms with Crippen LogP contribution in [-0.2, 0) is 0 Å². The Morgan fingerprint density at radius 2 is 2.30 bits per heavy atom. The minimum atomic E-state index is 0.498. The van der Waals surface area contributed by atoms with Crippen molar-refractivity contribution in [2.75, 3.05) is 13.1 Å². The SMILES string of the molecule is C[C@]1(C2CCNC2)C[C@@H]1N. The highest BCUT2D eigenvalue weighted by molar-refractivity contribution is 5.08. The fraction of sp³-hybridized carbons (Fsp3) is 1.00. The van der Waals surface area contributed by atoms with Crippen LogP contribution in [0.4, 0.5) is 0 Å². The summed E-state index contributed by atoms with van der Waals surface area (Å²) in [4.78, 5) is 0. The highest BCUT2D eigenvalue weighted by atomic mass is 14.9. The average Bonchev–Trinajstić information content (AvgIpc) is 2.35. The third-order valence-corrected chi connectivity index (χ3v) is 3.34. The normalized spacial score (nSPS) is 53.4. The summed E-state index contributed by atoms with van der Waals surface area (Å²) in [7, 11) is 0. The topological polar surface area (TPSA) is 38.0 Å². The standard InChI is InChI=1S/C8H16N2/c1-8(4-7(8)9)6-2-3-10-5-6/h6-7,10H,2-5,9H2,1H3/t6?,7-,8+/m0/s1. The third-order valence-electron chi connectivity index (χ3n) is 3.34. The molecule has 0 bridgehead atoms. The predicted octanol–water partition coefficient (Wildman–Crippen LogP) is 0.333. The second-order valence-electron chi connectivity index (χ2n) is 4.01. The highest BCUT2D eigenvalue weighted by Crippen LogP contribution is 2.52. The van der Waals surface area contributed by atoms with Crippen LogP contribution in [-0.4, -0.2) is 19.1 Å². The molecule has 0 aromatic carbocycles. The fourth-order valence-corrected chi connectivity index (χ4v) is 2.10. The van der Waals surface area contributed by atoms with E-state index in [9.17, 15) is 0 Å². The summed E-state index contributed by atoms with van der Waals surface area (Å²) in [5.74, 6) is 0.863. The van der Waals surface area contributed by atoms with Crippen molar-refractivity contribution >= 4 is 0 Å². The molecule has 1 heterocycles. The van der Waals surface area contributed by atoms with Crippen LogP contribution >= 0.6 is 0 Å². The smallest absolute Gasteiger partial charge is 0.0102 e. The van der Waals surface area contributed by atoms with Crippen molar-refractivity contribution < 1.29 is 0 Å². The van der Waals surface area contributed by atoms with Gasteiger partial charge < -0.3 is 11.1 Å². The molecule has 1 aliphatic heterocycles. The molecule has 3 N–H and O–H groups in total. The van der Waals surface area contributed by atoms with Gasteiger partial charge in [-0.1, -0.05) is 6.92 Å². The molecule has 0 radical (unpaired) electrons. The van der Waals surface area contributed by atoms with E-state index >= 15 is 0 Å². The monoisotopic (exact) mass is 140 g/mol. The second kappa shape index (κ2) is 1.95. The fourth-order valence-electron chi connectivity index (χ4n) is 2.10. The Hall–Kier alpha value is -0.0800. The van der Waals surface area contributed by atoms with E-state index in [1.165, 1.54) is 25.9 Å². The van der Waals surface area contributed by atoms with Crippen LogP contribution < -0.4 is 11.1 Å². The van der Waals surface area contributed by atoms with Crippen LogP contribution in [0.25, 0.3) is 0 Å². The first-order valence-electron chi connectivity index (χ1n) is 4.20. The van der Waals surface area contributed by atoms with E-state index in [2.05, 4.69) is 12.2 Å². The summed E-state index contributed by atoms with van der Waals surface area (Å²) in [5, 5.41) is 3.38. The summed E-state index contributed by atoms with van der Waals surface area (Å²) in [6, 6.07) is 0.498. The summed E-state index contributed by atoms with van der Waals surface area (Å²) >= 11 is 0. The van der Waals surface area contributed by atoms with Crippen LogP contribution in [0, 0.1) is 11.3 Å². The molecule has 1 aliphatic carbocycles. The van der Waals surface area contributed by atoms with Gasteiger partial charge in [-0.25, -0.2) is 0 Å². The lowest BCUT2D eigenvalue weighted by Crippen LogP contribution is -2.22. The molecule has 1 saturated carbocycles. The van der Waals surface area contributed by atoms with Gasteiger partial charge in [0.25, 0.3) is 0 Å². The van der Waals surface area contributed by atoms with E-state index < -0.39 is 0 Å². The van der Waals surface area contributed by atoms with E-state index in [-0.39, 0.29) is 0 Å². The Morgan fingerprint density at radius 3 is 2.70 bits per heavy atom. The number of nitrogens with one attached hydrogen (secondary N) is 1. The molecule has 10 heavy (non-hydrogen) atoms. The van der Waals surface area contributed by atoms with Crippen LogP contribution in [0.15, 0.2) is 0 Å². The van der Waals surface area contributed by atoms with Gasteiger partial charge in [0, 0.05) is 6.04 Å². The first-order valence-corrected chi connectivity index (χ1v) is 4.20. The molecule has 1 saturated heterocycles. The second-order valence-corrected chi connectivity index (χ2v) is 4.01. The minimum absolute atomic E-state index is 0.498. The molecule has 58 valence electrons. The molecule has 0 spiro atoms. The van der Waals surface area contributed by atoms with Crippen molar-refractivity contribution in [1.82, 2.24) is 5.32 Å². The molecule has 3 atom stereocenters. The van der Waals surface area contributed by atoms with E-state index in [0.29, 0.717) is 11.5 Å². The number of nitrogens with two attached hydrogens (primary N) is 1. The van der Waals surface area contributed by atoms with Crippen LogP contribution in [0.2, 0.25) is 0 Å². The van der Waals surface area contributed by atoms with Crippen molar-refractivity contribution in [2.45, 2.75) is 25.8 Å². The number of rotatable bonds is 1. The molecular formula is C8H16N2. The van der Waals surface area contributed by atoms with Crippen molar-refractivity contribution in [3.8, 4) is 0 Å². The van der Waals surface area contributed by atoms with Gasteiger partial charge in [-0.2, -0.15) is 0 Å². The Labute approximate surface area is 62.2 Å². The van der Waals surface area contributed by atoms with Gasteiger partial charge in [0.1, 0.15) is 0 Å². The average molecular weight is 140 g/mol. The van der Waals surface area contributed by atoms with Gasteiger partial charge in [0.05, 0.1) is 0 Å². The minimum Gasteiger partial charge on any atom is -0.327 e. The van der Waals surface area contributed by atoms with Crippen LogP contribution in [0.3, 0.4) is 0 Å². The molecule has 0 aromatic rings. The Kier molecular flexibility index (Phi) is 1.29. The molecule has 2 nitrogen and oxygen atoms in total. The molecule has 0 aromatic heterocycles. The number of hydrogen-bond donors (Lipinski definition) is 2. The first kappa shape index (κ1) is 6.62. The summed E-state index contributed by atoms with van der Waals surface area (Å²) in [5.41, 5.74) is 6.36. The van der Waals surface area contributed by atoms with E-state index in [0.717, 1.165) is 5.92 Å². The maximum atomic E-state index is 5.85. The Bertz CT molecular complexity index is 140. The van der Waals surface area contributed by atoms with Crippen molar-refractivity contribution in [2.24, 2.45) is 17.1 Å². The van der Waals surface area contributed by atoms with Crippen molar-refractivity contribution in [3.63, 3.8) is 0 Å². The zero-order chi connectivity index (χ0) is 7.19. The molecule has 2 aliphatic rings. The lowest BCUT2D eigenvalue weighted by atomic mass is 9.89. The van der Waals surface area contributed by atoms with Gasteiger partial charge in [-0.3, -0.25) is 0 Å².